The van der Waals surface area contributed by atoms with E-state index in [4.69, 9.17) is 4.74 Å². The number of anilines is 1. The van der Waals surface area contributed by atoms with E-state index in [1.54, 1.807) is 11.3 Å². The SMILES string of the molecule is CCOc1cc(NC2CCN(Cc3cc(O)c4ccsc4c3)CC2)ncn1. The molecular formula is C20H24N4O2S. The van der Waals surface area contributed by atoms with Crippen LogP contribution in [0.2, 0.25) is 0 Å². The molecule has 1 aromatic carbocycles. The molecule has 0 atom stereocenters. The highest BCUT2D eigenvalue weighted by atomic mass is 32.1. The number of likely N-dealkylation sites (tertiary alicyclic amines) is 1. The van der Waals surface area contributed by atoms with Gasteiger partial charge in [-0.25, -0.2) is 9.97 Å². The molecular weight excluding hydrogens is 360 g/mol. The number of aromatic hydroxyl groups is 1. The highest BCUT2D eigenvalue weighted by Gasteiger charge is 2.20. The number of aromatic nitrogens is 2. The summed E-state index contributed by atoms with van der Waals surface area (Å²) in [4.78, 5) is 10.8. The van der Waals surface area contributed by atoms with Crippen LogP contribution in [0.25, 0.3) is 10.1 Å². The Kier molecular flexibility index (Phi) is 5.40. The third-order valence-electron chi connectivity index (χ3n) is 4.89. The Balaban J connectivity index is 1.32. The molecule has 0 aliphatic carbocycles. The van der Waals surface area contributed by atoms with Crippen LogP contribution in [0.3, 0.4) is 0 Å². The molecule has 0 unspecified atom stereocenters. The molecule has 0 bridgehead atoms. The minimum atomic E-state index is 0.383. The molecule has 3 heterocycles. The Bertz CT molecular complexity index is 906. The van der Waals surface area contributed by atoms with Crippen molar-refractivity contribution in [2.45, 2.75) is 32.4 Å². The molecule has 1 fully saturated rings. The monoisotopic (exact) mass is 384 g/mol. The van der Waals surface area contributed by atoms with Gasteiger partial charge in [0.25, 0.3) is 0 Å². The largest absolute Gasteiger partial charge is 0.507 e. The zero-order chi connectivity index (χ0) is 18.6. The van der Waals surface area contributed by atoms with Crippen molar-refractivity contribution in [1.29, 1.82) is 0 Å². The minimum Gasteiger partial charge on any atom is -0.507 e. The van der Waals surface area contributed by atoms with Crippen molar-refractivity contribution in [3.63, 3.8) is 0 Å². The summed E-state index contributed by atoms with van der Waals surface area (Å²) in [6.07, 6.45) is 3.65. The first-order valence-electron chi connectivity index (χ1n) is 9.34. The van der Waals surface area contributed by atoms with Crippen molar-refractivity contribution < 1.29 is 9.84 Å². The molecule has 2 N–H and O–H groups in total. The molecule has 142 valence electrons. The smallest absolute Gasteiger partial charge is 0.218 e. The minimum absolute atomic E-state index is 0.383. The van der Waals surface area contributed by atoms with E-state index in [1.165, 1.54) is 11.9 Å². The number of rotatable bonds is 6. The highest BCUT2D eigenvalue weighted by molar-refractivity contribution is 7.17. The number of nitrogens with zero attached hydrogens (tertiary/aromatic N) is 3. The topological polar surface area (TPSA) is 70.5 Å². The van der Waals surface area contributed by atoms with E-state index in [0.717, 1.165) is 48.4 Å². The van der Waals surface area contributed by atoms with Crippen LogP contribution < -0.4 is 10.1 Å². The number of phenols is 1. The zero-order valence-corrected chi connectivity index (χ0v) is 16.2. The van der Waals surface area contributed by atoms with Gasteiger partial charge in [-0.05, 0) is 48.9 Å². The number of thiophene rings is 1. The van der Waals surface area contributed by atoms with Gasteiger partial charge in [0.05, 0.1) is 6.61 Å². The summed E-state index contributed by atoms with van der Waals surface area (Å²) in [6, 6.07) is 8.32. The van der Waals surface area contributed by atoms with Crippen LogP contribution in [0.5, 0.6) is 11.6 Å². The molecule has 2 aromatic heterocycles. The maximum absolute atomic E-state index is 10.2. The molecule has 0 saturated carbocycles. The standard InChI is InChI=1S/C20H24N4O2S/c1-2-26-20-11-19(21-13-22-20)23-15-3-6-24(7-4-15)12-14-9-17(25)16-5-8-27-18(16)10-14/h5,8-11,13,15,25H,2-4,6-7,12H2,1H3,(H,21,22,23). The van der Waals surface area contributed by atoms with Crippen molar-refractivity contribution in [3.05, 3.63) is 41.5 Å². The molecule has 6 nitrogen and oxygen atoms in total. The van der Waals surface area contributed by atoms with E-state index in [1.807, 2.05) is 30.5 Å². The van der Waals surface area contributed by atoms with Gasteiger partial charge in [0.2, 0.25) is 5.88 Å². The van der Waals surface area contributed by atoms with Gasteiger partial charge in [-0.3, -0.25) is 4.90 Å². The Morgan fingerprint density at radius 3 is 2.93 bits per heavy atom. The van der Waals surface area contributed by atoms with Crippen LogP contribution >= 0.6 is 11.3 Å². The van der Waals surface area contributed by atoms with E-state index in [2.05, 4.69) is 26.3 Å². The Labute approximate surface area is 162 Å². The van der Waals surface area contributed by atoms with Gasteiger partial charge in [-0.15, -0.1) is 11.3 Å². The number of nitrogens with one attached hydrogen (secondary N) is 1. The lowest BCUT2D eigenvalue weighted by Crippen LogP contribution is -2.38. The van der Waals surface area contributed by atoms with Crippen molar-refractivity contribution in [2.75, 3.05) is 25.0 Å². The van der Waals surface area contributed by atoms with Crippen molar-refractivity contribution in [3.8, 4) is 11.6 Å². The van der Waals surface area contributed by atoms with Crippen LogP contribution in [0.15, 0.2) is 36.0 Å². The second kappa shape index (κ2) is 8.10. The van der Waals surface area contributed by atoms with Gasteiger partial charge in [0.15, 0.2) is 0 Å². The fourth-order valence-corrected chi connectivity index (χ4v) is 4.42. The van der Waals surface area contributed by atoms with Gasteiger partial charge >= 0.3 is 0 Å². The predicted molar refractivity (Wildman–Crippen MR) is 109 cm³/mol. The van der Waals surface area contributed by atoms with Crippen LogP contribution in [-0.2, 0) is 6.54 Å². The lowest BCUT2D eigenvalue weighted by atomic mass is 10.0. The van der Waals surface area contributed by atoms with Gasteiger partial charge in [0, 0.05) is 41.8 Å². The van der Waals surface area contributed by atoms with Crippen LogP contribution in [0.1, 0.15) is 25.3 Å². The predicted octanol–water partition coefficient (Wildman–Crippen LogP) is 3.87. The fraction of sp³-hybridized carbons (Fsp3) is 0.400. The Morgan fingerprint density at radius 2 is 2.11 bits per heavy atom. The second-order valence-electron chi connectivity index (χ2n) is 6.82. The second-order valence-corrected chi connectivity index (χ2v) is 7.76. The van der Waals surface area contributed by atoms with Crippen molar-refractivity contribution >= 4 is 27.2 Å². The molecule has 1 aliphatic heterocycles. The van der Waals surface area contributed by atoms with Gasteiger partial charge in [-0.2, -0.15) is 0 Å². The van der Waals surface area contributed by atoms with Gasteiger partial charge < -0.3 is 15.2 Å². The summed E-state index contributed by atoms with van der Waals surface area (Å²) in [6.45, 7) is 5.45. The Morgan fingerprint density at radius 1 is 1.26 bits per heavy atom. The molecule has 3 aromatic rings. The molecule has 27 heavy (non-hydrogen) atoms. The quantitative estimate of drug-likeness (QED) is 0.672. The van der Waals surface area contributed by atoms with Gasteiger partial charge in [-0.1, -0.05) is 0 Å². The maximum Gasteiger partial charge on any atom is 0.218 e. The first-order chi connectivity index (χ1) is 13.2. The number of hydrogen-bond donors (Lipinski definition) is 2. The van der Waals surface area contributed by atoms with Crippen LogP contribution in [0.4, 0.5) is 5.82 Å². The van der Waals surface area contributed by atoms with Crippen molar-refractivity contribution in [1.82, 2.24) is 14.9 Å². The summed E-state index contributed by atoms with van der Waals surface area (Å²) < 4.78 is 6.58. The lowest BCUT2D eigenvalue weighted by Gasteiger charge is -2.32. The van der Waals surface area contributed by atoms with E-state index in [9.17, 15) is 5.11 Å². The number of phenolic OH excluding ortho intramolecular Hbond substituents is 1. The summed E-state index contributed by atoms with van der Waals surface area (Å²) >= 11 is 1.67. The molecule has 1 saturated heterocycles. The van der Waals surface area contributed by atoms with Gasteiger partial charge in [0.1, 0.15) is 17.9 Å². The van der Waals surface area contributed by atoms with E-state index in [0.29, 0.717) is 24.3 Å². The summed E-state index contributed by atoms with van der Waals surface area (Å²) in [7, 11) is 0. The lowest BCUT2D eigenvalue weighted by molar-refractivity contribution is 0.211. The molecule has 4 rings (SSSR count). The third kappa shape index (κ3) is 4.31. The molecule has 1 aliphatic rings. The van der Waals surface area contributed by atoms with E-state index in [-0.39, 0.29) is 0 Å². The Hall–Kier alpha value is -2.38. The van der Waals surface area contributed by atoms with E-state index >= 15 is 0 Å². The average Bonchev–Trinajstić information content (AvgIpc) is 3.13. The number of fused-ring (bicyclic) bond motifs is 1. The normalized spacial score (nSPS) is 15.9. The molecule has 0 spiro atoms. The molecule has 7 heteroatoms. The number of ether oxygens (including phenoxy) is 1. The number of benzene rings is 1. The number of hydrogen-bond acceptors (Lipinski definition) is 7. The maximum atomic E-state index is 10.2. The zero-order valence-electron chi connectivity index (χ0n) is 15.4. The third-order valence-corrected chi connectivity index (χ3v) is 5.75. The summed E-state index contributed by atoms with van der Waals surface area (Å²) in [5.41, 5.74) is 1.17. The first-order valence-corrected chi connectivity index (χ1v) is 10.2. The van der Waals surface area contributed by atoms with E-state index < -0.39 is 0 Å². The molecule has 0 amide bonds. The summed E-state index contributed by atoms with van der Waals surface area (Å²) in [5.74, 6) is 1.81. The van der Waals surface area contributed by atoms with Crippen LogP contribution in [0, 0.1) is 0 Å². The highest BCUT2D eigenvalue weighted by Crippen LogP contribution is 2.31. The number of piperidine rings is 1. The molecule has 0 radical (unpaired) electrons. The summed E-state index contributed by atoms with van der Waals surface area (Å²) in [5, 5.41) is 16.7. The van der Waals surface area contributed by atoms with Crippen molar-refractivity contribution in [2.24, 2.45) is 0 Å². The first kappa shape index (κ1) is 18.0. The average molecular weight is 385 g/mol. The fourth-order valence-electron chi connectivity index (χ4n) is 3.55. The van der Waals surface area contributed by atoms with Crippen LogP contribution in [-0.4, -0.2) is 45.7 Å².